The van der Waals surface area contributed by atoms with Crippen LogP contribution in [0, 0.1) is 6.92 Å². The van der Waals surface area contributed by atoms with E-state index in [-0.39, 0.29) is 12.5 Å². The van der Waals surface area contributed by atoms with E-state index in [9.17, 15) is 19.2 Å². The van der Waals surface area contributed by atoms with E-state index in [1.165, 1.54) is 0 Å². The van der Waals surface area contributed by atoms with Crippen LogP contribution >= 0.6 is 0 Å². The molecule has 2 aromatic carbocycles. The van der Waals surface area contributed by atoms with E-state index in [2.05, 4.69) is 16.0 Å². The number of primary amides is 1. The van der Waals surface area contributed by atoms with Crippen molar-refractivity contribution >= 4 is 35.1 Å². The van der Waals surface area contributed by atoms with Crippen LogP contribution in [0.1, 0.15) is 23.6 Å². The number of carbonyl (C=O) groups excluding carboxylic acids is 4. The molecule has 0 radical (unpaired) electrons. The minimum Gasteiger partial charge on any atom is -0.370 e. The first-order valence-electron chi connectivity index (χ1n) is 9.46. The summed E-state index contributed by atoms with van der Waals surface area (Å²) in [4.78, 5) is 49.8. The van der Waals surface area contributed by atoms with Gasteiger partial charge < -0.3 is 21.7 Å². The van der Waals surface area contributed by atoms with Crippen molar-refractivity contribution in [1.82, 2.24) is 10.6 Å². The molecular weight excluding hydrogens is 386 g/mol. The van der Waals surface area contributed by atoms with E-state index in [1.807, 2.05) is 0 Å². The van der Waals surface area contributed by atoms with Crippen molar-refractivity contribution in [3.05, 3.63) is 59.7 Å². The van der Waals surface area contributed by atoms with Gasteiger partial charge in [-0.15, -0.1) is 0 Å². The van der Waals surface area contributed by atoms with Gasteiger partial charge in [0.1, 0.15) is 0 Å². The third-order valence-corrected chi connectivity index (χ3v) is 4.76. The first-order chi connectivity index (χ1) is 14.3. The summed E-state index contributed by atoms with van der Waals surface area (Å²) in [7, 11) is 0. The number of hydrogen-bond acceptors (Lipinski definition) is 4. The monoisotopic (exact) mass is 409 g/mol. The molecule has 0 aliphatic carbocycles. The van der Waals surface area contributed by atoms with Crippen molar-refractivity contribution in [2.24, 2.45) is 5.73 Å². The van der Waals surface area contributed by atoms with E-state index in [1.54, 1.807) is 60.4 Å². The molecule has 1 atom stereocenters. The first kappa shape index (κ1) is 20.8. The van der Waals surface area contributed by atoms with E-state index < -0.39 is 23.8 Å². The highest BCUT2D eigenvalue weighted by Crippen LogP contribution is 2.24. The Bertz CT molecular complexity index is 977. The Morgan fingerprint density at radius 1 is 1.13 bits per heavy atom. The highest BCUT2D eigenvalue weighted by molar-refractivity contribution is 6.39. The van der Waals surface area contributed by atoms with Gasteiger partial charge in [-0.2, -0.15) is 0 Å². The lowest BCUT2D eigenvalue weighted by Crippen LogP contribution is -2.39. The number of aryl methyl sites for hydroxylation is 1. The standard InChI is InChI=1S/C21H23N5O4/c1-13-7-8-15(26-10-9-23-21(26)30)11-16(13)24-19(28)20(29)25-17(12-18(22)27)14-5-3-2-4-6-14/h2-8,11,17H,9-10,12H2,1H3,(H2,22,27)(H,23,30)(H,24,28)(H,25,29)/t17-/m0/s1. The van der Waals surface area contributed by atoms with Gasteiger partial charge >= 0.3 is 17.8 Å². The van der Waals surface area contributed by atoms with Crippen molar-refractivity contribution in [2.75, 3.05) is 23.3 Å². The van der Waals surface area contributed by atoms with Gasteiger partial charge in [0.15, 0.2) is 0 Å². The zero-order chi connectivity index (χ0) is 21.7. The minimum atomic E-state index is -0.895. The number of anilines is 2. The number of urea groups is 1. The smallest absolute Gasteiger partial charge is 0.321 e. The largest absolute Gasteiger partial charge is 0.370 e. The second-order valence-electron chi connectivity index (χ2n) is 6.94. The number of carbonyl (C=O) groups is 4. The topological polar surface area (TPSA) is 134 Å². The molecule has 2 aromatic rings. The molecular formula is C21H23N5O4. The molecule has 0 saturated carbocycles. The van der Waals surface area contributed by atoms with Crippen LogP contribution in [-0.4, -0.2) is 36.8 Å². The van der Waals surface area contributed by atoms with Crippen LogP contribution in [0.4, 0.5) is 16.2 Å². The molecule has 1 aliphatic heterocycles. The third kappa shape index (κ3) is 4.93. The summed E-state index contributed by atoms with van der Waals surface area (Å²) >= 11 is 0. The Morgan fingerprint density at radius 3 is 2.50 bits per heavy atom. The van der Waals surface area contributed by atoms with E-state index in [4.69, 9.17) is 5.73 Å². The van der Waals surface area contributed by atoms with Crippen molar-refractivity contribution in [3.8, 4) is 0 Å². The number of nitrogens with two attached hydrogens (primary N) is 1. The quantitative estimate of drug-likeness (QED) is 0.533. The van der Waals surface area contributed by atoms with Crippen molar-refractivity contribution in [1.29, 1.82) is 0 Å². The summed E-state index contributed by atoms with van der Waals surface area (Å²) < 4.78 is 0. The highest BCUT2D eigenvalue weighted by atomic mass is 16.2. The molecule has 1 aliphatic rings. The summed E-state index contributed by atoms with van der Waals surface area (Å²) in [6, 6.07) is 13.0. The fourth-order valence-corrected chi connectivity index (χ4v) is 3.17. The van der Waals surface area contributed by atoms with Crippen LogP contribution < -0.4 is 26.6 Å². The number of rotatable bonds is 6. The zero-order valence-electron chi connectivity index (χ0n) is 16.5. The molecule has 5 amide bonds. The van der Waals surface area contributed by atoms with Gasteiger partial charge in [-0.1, -0.05) is 36.4 Å². The number of nitrogens with zero attached hydrogens (tertiary/aromatic N) is 1. The Balaban J connectivity index is 1.72. The summed E-state index contributed by atoms with van der Waals surface area (Å²) in [5.74, 6) is -2.38. The molecule has 30 heavy (non-hydrogen) atoms. The number of amides is 5. The van der Waals surface area contributed by atoms with Gasteiger partial charge in [-0.05, 0) is 30.2 Å². The first-order valence-corrected chi connectivity index (χ1v) is 9.46. The van der Waals surface area contributed by atoms with Gasteiger partial charge in [0.2, 0.25) is 5.91 Å². The average Bonchev–Trinajstić information content (AvgIpc) is 3.15. The predicted octanol–water partition coefficient (Wildman–Crippen LogP) is 1.20. The maximum atomic E-state index is 12.5. The molecule has 9 heteroatoms. The molecule has 0 bridgehead atoms. The Kier molecular flexibility index (Phi) is 6.31. The lowest BCUT2D eigenvalue weighted by atomic mass is 10.0. The summed E-state index contributed by atoms with van der Waals surface area (Å²) in [6.07, 6.45) is -0.137. The Labute approximate surface area is 173 Å². The van der Waals surface area contributed by atoms with Crippen molar-refractivity contribution in [3.63, 3.8) is 0 Å². The number of hydrogen-bond donors (Lipinski definition) is 4. The van der Waals surface area contributed by atoms with Crippen LogP contribution in [0.25, 0.3) is 0 Å². The highest BCUT2D eigenvalue weighted by Gasteiger charge is 2.24. The maximum Gasteiger partial charge on any atom is 0.321 e. The predicted molar refractivity (Wildman–Crippen MR) is 112 cm³/mol. The van der Waals surface area contributed by atoms with Crippen LogP contribution in [0.2, 0.25) is 0 Å². The Morgan fingerprint density at radius 2 is 1.87 bits per heavy atom. The summed E-state index contributed by atoms with van der Waals surface area (Å²) in [6.45, 7) is 2.83. The van der Waals surface area contributed by atoms with Crippen LogP contribution in [-0.2, 0) is 14.4 Å². The lowest BCUT2D eigenvalue weighted by molar-refractivity contribution is -0.136. The molecule has 5 N–H and O–H groups in total. The second-order valence-corrected chi connectivity index (χ2v) is 6.94. The summed E-state index contributed by atoms with van der Waals surface area (Å²) in [5, 5.41) is 7.84. The average molecular weight is 409 g/mol. The molecule has 156 valence electrons. The molecule has 0 aromatic heterocycles. The Hall–Kier alpha value is -3.88. The SMILES string of the molecule is Cc1ccc(N2CCNC2=O)cc1NC(=O)C(=O)N[C@@H](CC(N)=O)c1ccccc1. The van der Waals surface area contributed by atoms with Gasteiger partial charge in [0.05, 0.1) is 12.5 Å². The second kappa shape index (κ2) is 9.08. The van der Waals surface area contributed by atoms with Gasteiger partial charge in [0.25, 0.3) is 0 Å². The third-order valence-electron chi connectivity index (χ3n) is 4.76. The molecule has 1 fully saturated rings. The molecule has 1 heterocycles. The van der Waals surface area contributed by atoms with E-state index in [0.717, 1.165) is 5.56 Å². The van der Waals surface area contributed by atoms with Gasteiger partial charge in [-0.3, -0.25) is 19.3 Å². The summed E-state index contributed by atoms with van der Waals surface area (Å²) in [5.41, 5.74) is 7.71. The van der Waals surface area contributed by atoms with Crippen LogP contribution in [0.5, 0.6) is 0 Å². The van der Waals surface area contributed by atoms with Crippen LogP contribution in [0.15, 0.2) is 48.5 Å². The molecule has 3 rings (SSSR count). The maximum absolute atomic E-state index is 12.5. The fourth-order valence-electron chi connectivity index (χ4n) is 3.17. The molecule has 9 nitrogen and oxygen atoms in total. The van der Waals surface area contributed by atoms with Crippen molar-refractivity contribution < 1.29 is 19.2 Å². The number of nitrogens with one attached hydrogen (secondary N) is 3. The lowest BCUT2D eigenvalue weighted by Gasteiger charge is -2.19. The normalized spacial score (nSPS) is 14.0. The van der Waals surface area contributed by atoms with E-state index >= 15 is 0 Å². The van der Waals surface area contributed by atoms with Crippen LogP contribution in [0.3, 0.4) is 0 Å². The minimum absolute atomic E-state index is 0.137. The molecule has 0 unspecified atom stereocenters. The van der Waals surface area contributed by atoms with Gasteiger partial charge in [0, 0.05) is 24.5 Å². The van der Waals surface area contributed by atoms with Crippen molar-refractivity contribution in [2.45, 2.75) is 19.4 Å². The molecule has 1 saturated heterocycles. The zero-order valence-corrected chi connectivity index (χ0v) is 16.5. The molecule has 0 spiro atoms. The van der Waals surface area contributed by atoms with E-state index in [0.29, 0.717) is 30.0 Å². The fraction of sp³-hybridized carbons (Fsp3) is 0.238. The number of benzene rings is 2. The van der Waals surface area contributed by atoms with Gasteiger partial charge in [-0.25, -0.2) is 4.79 Å².